The summed E-state index contributed by atoms with van der Waals surface area (Å²) in [5.74, 6) is 5.89. The highest BCUT2D eigenvalue weighted by Crippen LogP contribution is 2.24. The highest BCUT2D eigenvalue weighted by Gasteiger charge is 2.24. The van der Waals surface area contributed by atoms with Crippen LogP contribution in [0.25, 0.3) is 22.1 Å². The van der Waals surface area contributed by atoms with Crippen LogP contribution < -0.4 is 16.6 Å². The molecule has 0 fully saturated rings. The number of carbonyl (C=O) groups excluding carboxylic acids is 1. The Morgan fingerprint density at radius 2 is 1.90 bits per heavy atom. The normalized spacial score (nSPS) is 11.8. The molecule has 3 N–H and O–H groups in total. The van der Waals surface area contributed by atoms with Gasteiger partial charge in [-0.1, -0.05) is 36.3 Å². The number of anilines is 1. The summed E-state index contributed by atoms with van der Waals surface area (Å²) >= 11 is 1.53. The molecule has 40 heavy (non-hydrogen) atoms. The van der Waals surface area contributed by atoms with Gasteiger partial charge in [-0.15, -0.1) is 16.4 Å². The third-order valence-electron chi connectivity index (χ3n) is 6.59. The third kappa shape index (κ3) is 4.38. The van der Waals surface area contributed by atoms with E-state index in [9.17, 15) is 9.59 Å². The topological polar surface area (TPSA) is 120 Å². The lowest BCUT2D eigenvalue weighted by atomic mass is 10.0. The number of benzene rings is 2. The van der Waals surface area contributed by atoms with Crippen LogP contribution in [0.3, 0.4) is 0 Å². The Bertz CT molecular complexity index is 2030. The summed E-state index contributed by atoms with van der Waals surface area (Å²) in [6.45, 7) is 3.79. The predicted molar refractivity (Wildman–Crippen MR) is 156 cm³/mol. The van der Waals surface area contributed by atoms with Crippen LogP contribution in [0.5, 0.6) is 0 Å². The minimum Gasteiger partial charge on any atom is -0.381 e. The average Bonchev–Trinajstić information content (AvgIpc) is 3.53. The summed E-state index contributed by atoms with van der Waals surface area (Å²) in [6.07, 6.45) is 3.24. The number of nitrogens with two attached hydrogens (primary N) is 1. The summed E-state index contributed by atoms with van der Waals surface area (Å²) in [7, 11) is 0. The largest absolute Gasteiger partial charge is 0.381 e. The fourth-order valence-electron chi connectivity index (χ4n) is 4.66. The number of carbonyl (C=O) groups is 1. The van der Waals surface area contributed by atoms with Gasteiger partial charge in [-0.3, -0.25) is 14.2 Å². The lowest BCUT2D eigenvalue weighted by Crippen LogP contribution is -2.32. The summed E-state index contributed by atoms with van der Waals surface area (Å²) in [4.78, 5) is 37.2. The molecule has 0 bridgehead atoms. The number of fused-ring (bicyclic) bond motifs is 2. The number of aromatic nitrogens is 5. The number of nitrogens with one attached hydrogen (secondary N) is 1. The second kappa shape index (κ2) is 10.1. The van der Waals surface area contributed by atoms with E-state index in [1.165, 1.54) is 15.9 Å². The van der Waals surface area contributed by atoms with Crippen molar-refractivity contribution in [3.05, 3.63) is 116 Å². The van der Waals surface area contributed by atoms with Crippen molar-refractivity contribution in [2.75, 3.05) is 5.73 Å². The van der Waals surface area contributed by atoms with E-state index in [0.29, 0.717) is 39.1 Å². The van der Waals surface area contributed by atoms with E-state index >= 15 is 0 Å². The molecule has 0 radical (unpaired) electrons. The van der Waals surface area contributed by atoms with E-state index in [4.69, 9.17) is 5.73 Å². The van der Waals surface area contributed by atoms with Gasteiger partial charge in [0.2, 0.25) is 0 Å². The molecule has 0 aliphatic heterocycles. The standard InChI is InChI=1S/C30H23N7O2S/c1-18(34-29(38)26-27(31)35-36-15-7-14-32-28(26)36)24-16-21-9-6-8-20(12-13-23-19(2)40-17-33-23)25(21)30(39)37(24)22-10-4-3-5-11-22/h3-11,14-18H,1-2H3,(H2,31,35)(H,34,38). The van der Waals surface area contributed by atoms with Crippen LogP contribution in [0.1, 0.15) is 45.2 Å². The van der Waals surface area contributed by atoms with Crippen molar-refractivity contribution >= 4 is 39.5 Å². The second-order valence-corrected chi connectivity index (χ2v) is 10.2. The molecule has 1 atom stereocenters. The predicted octanol–water partition coefficient (Wildman–Crippen LogP) is 4.27. The van der Waals surface area contributed by atoms with Gasteiger partial charge in [0.1, 0.15) is 11.3 Å². The van der Waals surface area contributed by atoms with Gasteiger partial charge in [-0.2, -0.15) is 0 Å². The van der Waals surface area contributed by atoms with E-state index in [-0.39, 0.29) is 16.9 Å². The Balaban J connectivity index is 1.48. The van der Waals surface area contributed by atoms with Gasteiger partial charge in [0.05, 0.1) is 16.9 Å². The Labute approximate surface area is 233 Å². The fraction of sp³-hybridized carbons (Fsp3) is 0.100. The Kier molecular flexibility index (Phi) is 6.34. The van der Waals surface area contributed by atoms with Crippen molar-refractivity contribution in [1.29, 1.82) is 0 Å². The molecule has 9 nitrogen and oxygen atoms in total. The minimum absolute atomic E-state index is 0.0703. The lowest BCUT2D eigenvalue weighted by molar-refractivity contribution is 0.0941. The van der Waals surface area contributed by atoms with Crippen molar-refractivity contribution < 1.29 is 4.79 Å². The zero-order valence-electron chi connectivity index (χ0n) is 21.6. The molecular weight excluding hydrogens is 522 g/mol. The first-order chi connectivity index (χ1) is 19.4. The van der Waals surface area contributed by atoms with Gasteiger partial charge in [0, 0.05) is 34.2 Å². The molecule has 1 unspecified atom stereocenters. The number of amides is 1. The first-order valence-corrected chi connectivity index (χ1v) is 13.4. The number of aryl methyl sites for hydroxylation is 1. The molecule has 0 aliphatic rings. The number of hydrogen-bond donors (Lipinski definition) is 2. The number of rotatable bonds is 4. The van der Waals surface area contributed by atoms with Crippen LogP contribution in [0.15, 0.2) is 83.4 Å². The average molecular weight is 546 g/mol. The molecule has 4 heterocycles. The van der Waals surface area contributed by atoms with Crippen molar-refractivity contribution in [3.63, 3.8) is 0 Å². The van der Waals surface area contributed by atoms with E-state index in [0.717, 1.165) is 4.88 Å². The van der Waals surface area contributed by atoms with Crippen molar-refractivity contribution in [2.45, 2.75) is 19.9 Å². The number of nitrogen functional groups attached to an aromatic ring is 1. The summed E-state index contributed by atoms with van der Waals surface area (Å²) in [6, 6.07) is 17.9. The monoisotopic (exact) mass is 545 g/mol. The Hall–Kier alpha value is -5.27. The zero-order chi connectivity index (χ0) is 27.8. The van der Waals surface area contributed by atoms with Gasteiger partial charge in [-0.25, -0.2) is 14.5 Å². The highest BCUT2D eigenvalue weighted by atomic mass is 32.1. The van der Waals surface area contributed by atoms with Gasteiger partial charge in [-0.05, 0) is 55.5 Å². The maximum absolute atomic E-state index is 14.2. The van der Waals surface area contributed by atoms with Crippen LogP contribution in [0.4, 0.5) is 5.82 Å². The van der Waals surface area contributed by atoms with E-state index < -0.39 is 11.9 Å². The molecular formula is C30H23N7O2S. The van der Waals surface area contributed by atoms with E-state index in [1.54, 1.807) is 28.5 Å². The smallest absolute Gasteiger partial charge is 0.264 e. The van der Waals surface area contributed by atoms with Crippen molar-refractivity contribution in [2.24, 2.45) is 0 Å². The molecule has 0 aliphatic carbocycles. The lowest BCUT2D eigenvalue weighted by Gasteiger charge is -2.21. The molecule has 0 saturated heterocycles. The molecule has 10 heteroatoms. The van der Waals surface area contributed by atoms with Crippen LogP contribution in [-0.4, -0.2) is 30.1 Å². The molecule has 2 aromatic carbocycles. The third-order valence-corrected chi connectivity index (χ3v) is 7.35. The van der Waals surface area contributed by atoms with E-state index in [1.807, 2.05) is 68.4 Å². The first kappa shape index (κ1) is 25.0. The maximum atomic E-state index is 14.2. The van der Waals surface area contributed by atoms with Gasteiger partial charge < -0.3 is 11.1 Å². The van der Waals surface area contributed by atoms with Crippen molar-refractivity contribution in [1.82, 2.24) is 29.5 Å². The van der Waals surface area contributed by atoms with Crippen LogP contribution in [0.2, 0.25) is 0 Å². The minimum atomic E-state index is -0.574. The van der Waals surface area contributed by atoms with Crippen molar-refractivity contribution in [3.8, 4) is 17.5 Å². The molecule has 6 rings (SSSR count). The molecule has 4 aromatic heterocycles. The summed E-state index contributed by atoms with van der Waals surface area (Å²) in [5, 5.41) is 8.38. The van der Waals surface area contributed by atoms with Gasteiger partial charge in [0.25, 0.3) is 11.5 Å². The summed E-state index contributed by atoms with van der Waals surface area (Å²) in [5.41, 5.74) is 10.7. The Morgan fingerprint density at radius 3 is 2.67 bits per heavy atom. The SMILES string of the molecule is Cc1scnc1C#Cc1cccc2cc(C(C)NC(=O)c3c(N)nn4cccnc34)n(-c3ccccc3)c(=O)c12. The number of pyridine rings is 1. The maximum Gasteiger partial charge on any atom is 0.264 e. The highest BCUT2D eigenvalue weighted by molar-refractivity contribution is 7.09. The number of nitrogens with zero attached hydrogens (tertiary/aromatic N) is 5. The molecule has 0 spiro atoms. The molecule has 6 aromatic rings. The van der Waals surface area contributed by atoms with Crippen LogP contribution in [-0.2, 0) is 0 Å². The Morgan fingerprint density at radius 1 is 1.07 bits per heavy atom. The summed E-state index contributed by atoms with van der Waals surface area (Å²) < 4.78 is 3.07. The van der Waals surface area contributed by atoms with E-state index in [2.05, 4.69) is 32.2 Å². The second-order valence-electron chi connectivity index (χ2n) is 9.17. The number of thiazole rings is 1. The number of hydrogen-bond acceptors (Lipinski definition) is 7. The van der Waals surface area contributed by atoms with Crippen LogP contribution in [0, 0.1) is 18.8 Å². The van der Waals surface area contributed by atoms with Gasteiger partial charge >= 0.3 is 0 Å². The van der Waals surface area contributed by atoms with Gasteiger partial charge in [0.15, 0.2) is 11.5 Å². The quantitative estimate of drug-likeness (QED) is 0.319. The number of para-hydroxylation sites is 1. The molecule has 1 amide bonds. The van der Waals surface area contributed by atoms with Crippen LogP contribution >= 0.6 is 11.3 Å². The zero-order valence-corrected chi connectivity index (χ0v) is 22.4. The molecule has 196 valence electrons. The fourth-order valence-corrected chi connectivity index (χ4v) is 5.20. The first-order valence-electron chi connectivity index (χ1n) is 12.5. The molecule has 0 saturated carbocycles.